The van der Waals surface area contributed by atoms with E-state index < -0.39 is 0 Å². The molecule has 0 aliphatic carbocycles. The van der Waals surface area contributed by atoms with E-state index in [0.29, 0.717) is 26.1 Å². The molecule has 1 aromatic carbocycles. The van der Waals surface area contributed by atoms with Gasteiger partial charge in [-0.1, -0.05) is 12.1 Å². The fourth-order valence-corrected chi connectivity index (χ4v) is 4.69. The number of nitrogens with zero attached hydrogens (tertiary/aromatic N) is 2. The van der Waals surface area contributed by atoms with Crippen molar-refractivity contribution in [3.05, 3.63) is 51.2 Å². The number of likely N-dealkylation sites (tertiary alicyclic amines) is 1. The topological polar surface area (TPSA) is 49.9 Å². The number of carbonyl (C=O) groups is 2. The average Bonchev–Trinajstić information content (AvgIpc) is 3.33. The molecule has 3 heterocycles. The van der Waals surface area contributed by atoms with Crippen molar-refractivity contribution in [2.75, 3.05) is 26.2 Å². The van der Waals surface area contributed by atoms with Gasteiger partial charge in [0.05, 0.1) is 11.4 Å². The first kappa shape index (κ1) is 19.0. The third-order valence-electron chi connectivity index (χ3n) is 5.43. The fraction of sp³-hybridized carbons (Fsp3) is 0.455. The third kappa shape index (κ3) is 4.22. The summed E-state index contributed by atoms with van der Waals surface area (Å²) >= 11 is 1.53. The minimum absolute atomic E-state index is 0.0594. The SMILES string of the molecule is Cc1ccc(C(=O)N2CCOc3ccc(CCC(=O)N4CCCC4)cc3C2)s1. The summed E-state index contributed by atoms with van der Waals surface area (Å²) in [5.74, 6) is 1.14. The van der Waals surface area contributed by atoms with Crippen molar-refractivity contribution in [3.63, 3.8) is 0 Å². The predicted molar refractivity (Wildman–Crippen MR) is 110 cm³/mol. The maximum Gasteiger partial charge on any atom is 0.264 e. The molecule has 1 saturated heterocycles. The number of amides is 2. The Hall–Kier alpha value is -2.34. The van der Waals surface area contributed by atoms with Gasteiger partial charge in [-0.3, -0.25) is 9.59 Å². The zero-order valence-electron chi connectivity index (χ0n) is 16.3. The highest BCUT2D eigenvalue weighted by Gasteiger charge is 2.23. The Kier molecular flexibility index (Phi) is 5.67. The number of ether oxygens (including phenoxy) is 1. The van der Waals surface area contributed by atoms with Crippen LogP contribution in [0.1, 0.15) is 44.9 Å². The van der Waals surface area contributed by atoms with E-state index in [1.165, 1.54) is 11.3 Å². The summed E-state index contributed by atoms with van der Waals surface area (Å²) in [5, 5.41) is 0. The van der Waals surface area contributed by atoms with Gasteiger partial charge in [0.25, 0.3) is 5.91 Å². The Morgan fingerprint density at radius 3 is 2.64 bits per heavy atom. The molecule has 1 fully saturated rings. The van der Waals surface area contributed by atoms with Crippen LogP contribution in [0.5, 0.6) is 5.75 Å². The van der Waals surface area contributed by atoms with Crippen LogP contribution in [-0.2, 0) is 17.8 Å². The molecule has 0 radical (unpaired) electrons. The summed E-state index contributed by atoms with van der Waals surface area (Å²) in [6.07, 6.45) is 3.50. The van der Waals surface area contributed by atoms with Crippen LogP contribution < -0.4 is 4.74 Å². The molecule has 2 aliphatic rings. The normalized spacial score (nSPS) is 16.5. The second-order valence-corrected chi connectivity index (χ2v) is 8.80. The van der Waals surface area contributed by atoms with Crippen molar-refractivity contribution in [2.45, 2.75) is 39.2 Å². The number of hydrogen-bond acceptors (Lipinski definition) is 4. The van der Waals surface area contributed by atoms with E-state index >= 15 is 0 Å². The molecule has 1 aromatic heterocycles. The van der Waals surface area contributed by atoms with Crippen molar-refractivity contribution in [3.8, 4) is 5.75 Å². The number of aryl methyl sites for hydroxylation is 2. The molecule has 0 N–H and O–H groups in total. The van der Waals surface area contributed by atoms with Gasteiger partial charge in [0.15, 0.2) is 0 Å². The van der Waals surface area contributed by atoms with E-state index in [0.717, 1.165) is 59.0 Å². The summed E-state index contributed by atoms with van der Waals surface area (Å²) in [6.45, 7) is 5.42. The lowest BCUT2D eigenvalue weighted by Crippen LogP contribution is -2.31. The molecule has 0 unspecified atom stereocenters. The highest BCUT2D eigenvalue weighted by molar-refractivity contribution is 7.13. The first-order chi connectivity index (χ1) is 13.6. The first-order valence-corrected chi connectivity index (χ1v) is 10.8. The lowest BCUT2D eigenvalue weighted by Gasteiger charge is -2.19. The lowest BCUT2D eigenvalue weighted by atomic mass is 10.0. The highest BCUT2D eigenvalue weighted by Crippen LogP contribution is 2.27. The summed E-state index contributed by atoms with van der Waals surface area (Å²) in [4.78, 5) is 30.9. The number of hydrogen-bond donors (Lipinski definition) is 0. The van der Waals surface area contributed by atoms with Crippen LogP contribution in [0.2, 0.25) is 0 Å². The molecule has 6 heteroatoms. The van der Waals surface area contributed by atoms with E-state index in [2.05, 4.69) is 6.07 Å². The maximum atomic E-state index is 12.9. The minimum Gasteiger partial charge on any atom is -0.491 e. The molecule has 2 aromatic rings. The molecule has 0 spiro atoms. The minimum atomic E-state index is 0.0594. The molecule has 4 rings (SSSR count). The zero-order valence-corrected chi connectivity index (χ0v) is 17.1. The molecule has 0 bridgehead atoms. The Balaban J connectivity index is 1.44. The standard InChI is InChI=1S/C22H26N2O3S/c1-16-4-8-20(28-16)22(26)24-12-13-27-19-7-5-17(14-18(19)15-24)6-9-21(25)23-10-2-3-11-23/h4-5,7-8,14H,2-3,6,9-13,15H2,1H3. The Bertz CT molecular complexity index is 870. The number of rotatable bonds is 4. The van der Waals surface area contributed by atoms with Crippen LogP contribution >= 0.6 is 11.3 Å². The van der Waals surface area contributed by atoms with Gasteiger partial charge < -0.3 is 14.5 Å². The van der Waals surface area contributed by atoms with Gasteiger partial charge in [-0.05, 0) is 49.9 Å². The quantitative estimate of drug-likeness (QED) is 0.790. The number of benzene rings is 1. The van der Waals surface area contributed by atoms with Crippen molar-refractivity contribution < 1.29 is 14.3 Å². The smallest absolute Gasteiger partial charge is 0.264 e. The number of fused-ring (bicyclic) bond motifs is 1. The van der Waals surface area contributed by atoms with Gasteiger partial charge in [-0.15, -0.1) is 11.3 Å². The molecule has 2 aliphatic heterocycles. The van der Waals surface area contributed by atoms with E-state index in [1.54, 1.807) is 0 Å². The summed E-state index contributed by atoms with van der Waals surface area (Å²) < 4.78 is 5.87. The van der Waals surface area contributed by atoms with Crippen LogP contribution in [-0.4, -0.2) is 47.9 Å². The fourth-order valence-electron chi connectivity index (χ4n) is 3.86. The highest BCUT2D eigenvalue weighted by atomic mass is 32.1. The molecule has 148 valence electrons. The van der Waals surface area contributed by atoms with Crippen LogP contribution in [0.15, 0.2) is 30.3 Å². The second kappa shape index (κ2) is 8.35. The van der Waals surface area contributed by atoms with E-state index in [4.69, 9.17) is 4.74 Å². The first-order valence-electron chi connectivity index (χ1n) is 9.98. The van der Waals surface area contributed by atoms with Crippen LogP contribution in [0.3, 0.4) is 0 Å². The number of carbonyl (C=O) groups excluding carboxylic acids is 2. The van der Waals surface area contributed by atoms with Gasteiger partial charge in [-0.25, -0.2) is 0 Å². The zero-order chi connectivity index (χ0) is 19.5. The molecule has 2 amide bonds. The van der Waals surface area contributed by atoms with Crippen LogP contribution in [0, 0.1) is 6.92 Å². The van der Waals surface area contributed by atoms with Crippen molar-refractivity contribution in [2.24, 2.45) is 0 Å². The molecule has 0 saturated carbocycles. The largest absolute Gasteiger partial charge is 0.491 e. The van der Waals surface area contributed by atoms with Crippen molar-refractivity contribution >= 4 is 23.2 Å². The molecule has 5 nitrogen and oxygen atoms in total. The van der Waals surface area contributed by atoms with Crippen LogP contribution in [0.4, 0.5) is 0 Å². The Morgan fingerprint density at radius 1 is 1.07 bits per heavy atom. The van der Waals surface area contributed by atoms with Crippen molar-refractivity contribution in [1.82, 2.24) is 9.80 Å². The van der Waals surface area contributed by atoms with Crippen molar-refractivity contribution in [1.29, 1.82) is 0 Å². The third-order valence-corrected chi connectivity index (χ3v) is 6.42. The monoisotopic (exact) mass is 398 g/mol. The van der Waals surface area contributed by atoms with Crippen LogP contribution in [0.25, 0.3) is 0 Å². The van der Waals surface area contributed by atoms with E-state index in [-0.39, 0.29) is 11.8 Å². The van der Waals surface area contributed by atoms with Gasteiger partial charge in [0, 0.05) is 36.5 Å². The predicted octanol–water partition coefficient (Wildman–Crippen LogP) is 3.65. The summed E-state index contributed by atoms with van der Waals surface area (Å²) in [7, 11) is 0. The second-order valence-electron chi connectivity index (χ2n) is 7.52. The molecular weight excluding hydrogens is 372 g/mol. The Labute approximate surface area is 169 Å². The van der Waals surface area contributed by atoms with E-state index in [1.807, 2.05) is 41.0 Å². The molecule has 28 heavy (non-hydrogen) atoms. The van der Waals surface area contributed by atoms with Gasteiger partial charge in [0.1, 0.15) is 12.4 Å². The molecule has 0 atom stereocenters. The Morgan fingerprint density at radius 2 is 1.89 bits per heavy atom. The summed E-state index contributed by atoms with van der Waals surface area (Å²) in [5.41, 5.74) is 2.14. The van der Waals surface area contributed by atoms with Gasteiger partial charge in [-0.2, -0.15) is 0 Å². The van der Waals surface area contributed by atoms with Gasteiger partial charge in [0.2, 0.25) is 5.91 Å². The average molecular weight is 399 g/mol. The lowest BCUT2D eigenvalue weighted by molar-refractivity contribution is -0.130. The molecular formula is C22H26N2O3S. The maximum absolute atomic E-state index is 12.9. The summed E-state index contributed by atoms with van der Waals surface area (Å²) in [6, 6.07) is 9.99. The van der Waals surface area contributed by atoms with E-state index in [9.17, 15) is 9.59 Å². The van der Waals surface area contributed by atoms with Gasteiger partial charge >= 0.3 is 0 Å². The number of thiophene rings is 1.